The van der Waals surface area contributed by atoms with Gasteiger partial charge in [0.05, 0.1) is 4.90 Å². The van der Waals surface area contributed by atoms with Crippen molar-refractivity contribution in [3.8, 4) is 0 Å². The van der Waals surface area contributed by atoms with E-state index in [0.717, 1.165) is 36.5 Å². The summed E-state index contributed by atoms with van der Waals surface area (Å²) < 4.78 is 27.5. The van der Waals surface area contributed by atoms with Crippen molar-refractivity contribution in [2.45, 2.75) is 56.5 Å². The maximum Gasteiger partial charge on any atom is 0.241 e. The highest BCUT2D eigenvalue weighted by Crippen LogP contribution is 2.28. The lowest BCUT2D eigenvalue weighted by Gasteiger charge is -2.28. The second-order valence-corrected chi connectivity index (χ2v) is 7.84. The molecule has 1 heterocycles. The fourth-order valence-electron chi connectivity index (χ4n) is 2.69. The third kappa shape index (κ3) is 3.56. The summed E-state index contributed by atoms with van der Waals surface area (Å²) in [4.78, 5) is 1.09. The third-order valence-electron chi connectivity index (χ3n) is 3.93. The molecular weight excluding hydrogens is 280 g/mol. The highest BCUT2D eigenvalue weighted by molar-refractivity contribution is 7.89. The van der Waals surface area contributed by atoms with Crippen molar-refractivity contribution in [2.24, 2.45) is 11.7 Å². The van der Waals surface area contributed by atoms with Crippen molar-refractivity contribution < 1.29 is 8.42 Å². The quantitative estimate of drug-likeness (QED) is 0.877. The van der Waals surface area contributed by atoms with Crippen molar-refractivity contribution in [3.63, 3.8) is 0 Å². The molecule has 0 aromatic carbocycles. The van der Waals surface area contributed by atoms with Gasteiger partial charge in [0.2, 0.25) is 10.0 Å². The molecule has 108 valence electrons. The van der Waals surface area contributed by atoms with Crippen LogP contribution in [-0.2, 0) is 16.6 Å². The van der Waals surface area contributed by atoms with Crippen molar-refractivity contribution >= 4 is 21.4 Å². The molecule has 0 aliphatic heterocycles. The molecule has 3 N–H and O–H groups in total. The first kappa shape index (κ1) is 15.0. The number of hydrogen-bond donors (Lipinski definition) is 2. The van der Waals surface area contributed by atoms with Crippen LogP contribution in [-0.4, -0.2) is 14.5 Å². The Morgan fingerprint density at radius 3 is 2.63 bits per heavy atom. The molecule has 1 aliphatic rings. The van der Waals surface area contributed by atoms with Crippen molar-refractivity contribution in [3.05, 3.63) is 16.3 Å². The van der Waals surface area contributed by atoms with E-state index >= 15 is 0 Å². The Kier molecular flexibility index (Phi) is 5.00. The molecule has 1 aliphatic carbocycles. The van der Waals surface area contributed by atoms with Crippen LogP contribution < -0.4 is 10.5 Å². The Balaban J connectivity index is 2.02. The highest BCUT2D eigenvalue weighted by Gasteiger charge is 2.26. The van der Waals surface area contributed by atoms with Gasteiger partial charge in [-0.2, -0.15) is 0 Å². The first-order chi connectivity index (χ1) is 9.06. The Bertz CT molecular complexity index is 502. The molecule has 0 atom stereocenters. The molecule has 0 radical (unpaired) electrons. The zero-order valence-corrected chi connectivity index (χ0v) is 12.9. The number of nitrogens with one attached hydrogen (secondary N) is 1. The summed E-state index contributed by atoms with van der Waals surface area (Å²) >= 11 is 1.40. The standard InChI is InChI=1S/C13H22N2O2S2/c1-2-10-3-5-11(6-4-10)15-19(16,17)13-7-8-18-12(13)9-14/h7-8,10-11,15H,2-6,9,14H2,1H3. The Labute approximate surface area is 119 Å². The topological polar surface area (TPSA) is 72.2 Å². The van der Waals surface area contributed by atoms with E-state index in [1.54, 1.807) is 11.4 Å². The molecule has 1 saturated carbocycles. The highest BCUT2D eigenvalue weighted by atomic mass is 32.2. The molecule has 0 saturated heterocycles. The molecule has 1 aromatic rings. The lowest BCUT2D eigenvalue weighted by atomic mass is 9.85. The molecule has 1 aromatic heterocycles. The molecule has 2 rings (SSSR count). The monoisotopic (exact) mass is 302 g/mol. The van der Waals surface area contributed by atoms with Crippen LogP contribution in [0, 0.1) is 5.92 Å². The van der Waals surface area contributed by atoms with Crippen LogP contribution >= 0.6 is 11.3 Å². The number of nitrogens with two attached hydrogens (primary N) is 1. The molecule has 1 fully saturated rings. The summed E-state index contributed by atoms with van der Waals surface area (Å²) in [5, 5.41) is 1.78. The molecule has 6 heteroatoms. The zero-order chi connectivity index (χ0) is 13.9. The SMILES string of the molecule is CCC1CCC(NS(=O)(=O)c2ccsc2CN)CC1. The predicted octanol–water partition coefficient (Wildman–Crippen LogP) is 2.45. The summed E-state index contributed by atoms with van der Waals surface area (Å²) in [6, 6.07) is 1.73. The Morgan fingerprint density at radius 1 is 1.37 bits per heavy atom. The van der Waals surface area contributed by atoms with Crippen LogP contribution in [0.3, 0.4) is 0 Å². The third-order valence-corrected chi connectivity index (χ3v) is 6.60. The normalized spacial score (nSPS) is 24.5. The van der Waals surface area contributed by atoms with E-state index in [-0.39, 0.29) is 12.6 Å². The van der Waals surface area contributed by atoms with Gasteiger partial charge in [-0.3, -0.25) is 0 Å². The zero-order valence-electron chi connectivity index (χ0n) is 11.3. The Morgan fingerprint density at radius 2 is 2.05 bits per heavy atom. The molecule has 0 amide bonds. The average molecular weight is 302 g/mol. The first-order valence-corrected chi connectivity index (χ1v) is 9.22. The van der Waals surface area contributed by atoms with Gasteiger partial charge in [-0.15, -0.1) is 11.3 Å². The van der Waals surface area contributed by atoms with Crippen molar-refractivity contribution in [1.29, 1.82) is 0 Å². The van der Waals surface area contributed by atoms with Gasteiger partial charge >= 0.3 is 0 Å². The molecule has 0 unspecified atom stereocenters. The van der Waals surface area contributed by atoms with Crippen LogP contribution in [0.25, 0.3) is 0 Å². The minimum Gasteiger partial charge on any atom is -0.326 e. The lowest BCUT2D eigenvalue weighted by Crippen LogP contribution is -2.37. The fourth-order valence-corrected chi connectivity index (χ4v) is 5.33. The van der Waals surface area contributed by atoms with Gasteiger partial charge in [0, 0.05) is 17.5 Å². The van der Waals surface area contributed by atoms with Crippen LogP contribution in [0.2, 0.25) is 0 Å². The molecule has 0 bridgehead atoms. The maximum atomic E-state index is 12.3. The average Bonchev–Trinajstić information content (AvgIpc) is 2.88. The second kappa shape index (κ2) is 6.35. The lowest BCUT2D eigenvalue weighted by molar-refractivity contribution is 0.306. The smallest absolute Gasteiger partial charge is 0.241 e. The van der Waals surface area contributed by atoms with Gasteiger partial charge in [-0.05, 0) is 43.0 Å². The summed E-state index contributed by atoms with van der Waals surface area (Å²) in [6.45, 7) is 2.48. The van der Waals surface area contributed by atoms with Gasteiger partial charge < -0.3 is 5.73 Å². The number of sulfonamides is 1. The van der Waals surface area contributed by atoms with E-state index in [4.69, 9.17) is 5.73 Å². The van der Waals surface area contributed by atoms with E-state index in [1.165, 1.54) is 17.8 Å². The maximum absolute atomic E-state index is 12.3. The van der Waals surface area contributed by atoms with E-state index in [9.17, 15) is 8.42 Å². The molecule has 19 heavy (non-hydrogen) atoms. The molecular formula is C13H22N2O2S2. The van der Waals surface area contributed by atoms with Crippen LogP contribution in [0.5, 0.6) is 0 Å². The van der Waals surface area contributed by atoms with E-state index in [0.29, 0.717) is 4.90 Å². The number of rotatable bonds is 5. The summed E-state index contributed by atoms with van der Waals surface area (Å²) in [7, 11) is -3.40. The Hall–Kier alpha value is -0.430. The van der Waals surface area contributed by atoms with Crippen LogP contribution in [0.4, 0.5) is 0 Å². The minimum atomic E-state index is -3.40. The van der Waals surface area contributed by atoms with Gasteiger partial charge in [-0.1, -0.05) is 13.3 Å². The van der Waals surface area contributed by atoms with Gasteiger partial charge in [0.1, 0.15) is 0 Å². The number of hydrogen-bond acceptors (Lipinski definition) is 4. The molecule has 0 spiro atoms. The van der Waals surface area contributed by atoms with Gasteiger partial charge in [0.25, 0.3) is 0 Å². The minimum absolute atomic E-state index is 0.0818. The largest absolute Gasteiger partial charge is 0.326 e. The van der Waals surface area contributed by atoms with Crippen molar-refractivity contribution in [1.82, 2.24) is 4.72 Å². The van der Waals surface area contributed by atoms with E-state index < -0.39 is 10.0 Å². The summed E-state index contributed by atoms with van der Waals surface area (Å²) in [5.41, 5.74) is 5.58. The van der Waals surface area contributed by atoms with Crippen molar-refractivity contribution in [2.75, 3.05) is 0 Å². The van der Waals surface area contributed by atoms with Gasteiger partial charge in [-0.25, -0.2) is 13.1 Å². The predicted molar refractivity (Wildman–Crippen MR) is 78.6 cm³/mol. The molecule has 4 nitrogen and oxygen atoms in total. The second-order valence-electron chi connectivity index (χ2n) is 5.16. The summed E-state index contributed by atoms with van der Waals surface area (Å²) in [5.74, 6) is 0.765. The van der Waals surface area contributed by atoms with Gasteiger partial charge in [0.15, 0.2) is 0 Å². The van der Waals surface area contributed by atoms with E-state index in [2.05, 4.69) is 11.6 Å². The fraction of sp³-hybridized carbons (Fsp3) is 0.692. The van der Waals surface area contributed by atoms with Crippen LogP contribution in [0.15, 0.2) is 16.3 Å². The first-order valence-electron chi connectivity index (χ1n) is 6.85. The number of thiophene rings is 1. The summed E-state index contributed by atoms with van der Waals surface area (Å²) in [6.07, 6.45) is 5.33. The van der Waals surface area contributed by atoms with Crippen LogP contribution in [0.1, 0.15) is 43.9 Å². The van der Waals surface area contributed by atoms with E-state index in [1.807, 2.05) is 0 Å².